The largest absolute Gasteiger partial charge is 0.481 e. The van der Waals surface area contributed by atoms with Crippen LogP contribution >= 0.6 is 22.9 Å². The normalized spacial score (nSPS) is 11.5. The van der Waals surface area contributed by atoms with Gasteiger partial charge in [0.15, 0.2) is 0 Å². The lowest BCUT2D eigenvalue weighted by atomic mass is 10.0. The number of aromatic nitrogens is 1. The summed E-state index contributed by atoms with van der Waals surface area (Å²) in [6.07, 6.45) is 1.77. The first-order chi connectivity index (χ1) is 16.2. The number of carboxylic acid groups (broad SMARTS) is 1. The lowest BCUT2D eigenvalue weighted by Crippen LogP contribution is -2.00. The first-order valence-corrected chi connectivity index (χ1v) is 11.8. The highest BCUT2D eigenvalue weighted by atomic mass is 35.5. The predicted octanol–water partition coefficient (Wildman–Crippen LogP) is 6.46. The lowest BCUT2D eigenvalue weighted by molar-refractivity contribution is -0.136. The fourth-order valence-corrected chi connectivity index (χ4v) is 5.78. The number of aliphatic carboxylic acids is 1. The summed E-state index contributed by atoms with van der Waals surface area (Å²) in [7, 11) is 0. The third-order valence-electron chi connectivity index (χ3n) is 5.98. The Morgan fingerprint density at radius 2 is 1.79 bits per heavy atom. The van der Waals surface area contributed by atoms with Crippen LogP contribution in [0.15, 0.2) is 54.7 Å². The number of carboxylic acids is 1. The Morgan fingerprint density at radius 1 is 1.06 bits per heavy atom. The lowest BCUT2D eigenvalue weighted by Gasteiger charge is -2.09. The van der Waals surface area contributed by atoms with E-state index in [1.54, 1.807) is 23.5 Å². The van der Waals surface area contributed by atoms with Crippen molar-refractivity contribution in [1.82, 2.24) is 4.57 Å². The summed E-state index contributed by atoms with van der Waals surface area (Å²) < 4.78 is 17.2. The molecule has 2 aromatic heterocycles. The molecular formula is C26H21ClFN3O2S. The van der Waals surface area contributed by atoms with Crippen molar-refractivity contribution in [1.29, 1.82) is 0 Å². The van der Waals surface area contributed by atoms with Gasteiger partial charge in [0.1, 0.15) is 5.82 Å². The number of carbonyl (C=O) groups is 1. The molecule has 5 nitrogen and oxygen atoms in total. The van der Waals surface area contributed by atoms with Gasteiger partial charge in [0.25, 0.3) is 0 Å². The molecule has 0 amide bonds. The summed E-state index contributed by atoms with van der Waals surface area (Å²) in [6, 6.07) is 14.4. The maximum atomic E-state index is 14.3. The summed E-state index contributed by atoms with van der Waals surface area (Å²) in [4.78, 5) is 12.6. The Kier molecular flexibility index (Phi) is 5.46. The average molecular weight is 494 g/mol. The van der Waals surface area contributed by atoms with Crippen LogP contribution in [0.25, 0.3) is 32.1 Å². The minimum absolute atomic E-state index is 0.0956. The number of benzene rings is 3. The van der Waals surface area contributed by atoms with Gasteiger partial charge in [0.05, 0.1) is 11.4 Å². The molecule has 0 saturated heterocycles. The van der Waals surface area contributed by atoms with E-state index in [1.807, 2.05) is 48.0 Å². The van der Waals surface area contributed by atoms with Crippen molar-refractivity contribution >= 4 is 61.3 Å². The fraction of sp³-hybridized carbons (Fsp3) is 0.115. The molecule has 0 aliphatic heterocycles. The third kappa shape index (κ3) is 3.97. The second-order valence-electron chi connectivity index (χ2n) is 8.37. The zero-order valence-electron chi connectivity index (χ0n) is 18.2. The van der Waals surface area contributed by atoms with Gasteiger partial charge in [-0.3, -0.25) is 4.79 Å². The summed E-state index contributed by atoms with van der Waals surface area (Å²) in [5, 5.41) is 11.2. The number of hydrogen-bond donors (Lipinski definition) is 3. The number of fused-ring (bicyclic) bond motifs is 2. The van der Waals surface area contributed by atoms with Gasteiger partial charge in [-0.25, -0.2) is 4.39 Å². The average Bonchev–Trinajstić information content (AvgIpc) is 3.24. The summed E-state index contributed by atoms with van der Waals surface area (Å²) >= 11 is 7.55. The number of anilines is 2. The number of nitrogen functional groups attached to an aromatic ring is 2. The summed E-state index contributed by atoms with van der Waals surface area (Å²) in [5.74, 6) is -1.36. The fourth-order valence-electron chi connectivity index (χ4n) is 4.46. The van der Waals surface area contributed by atoms with Crippen molar-refractivity contribution in [3.63, 3.8) is 0 Å². The molecule has 0 fully saturated rings. The standard InChI is InChI=1S/C26H21ClFN3O2S/c1-13-21(20-9-23(28)22(27)10-25(20)34-13)12-31-11-16(7-26(32)33)19-3-2-14(6-24(19)31)15-4-17(29)8-18(30)5-15/h2-6,8-11H,7,12,29-30H2,1H3,(H,32,33). The highest BCUT2D eigenvalue weighted by Gasteiger charge is 2.17. The summed E-state index contributed by atoms with van der Waals surface area (Å²) in [6.45, 7) is 2.46. The molecule has 0 aliphatic carbocycles. The van der Waals surface area contributed by atoms with E-state index in [0.717, 1.165) is 42.6 Å². The molecule has 0 bridgehead atoms. The molecule has 0 saturated carbocycles. The number of rotatable bonds is 5. The van der Waals surface area contributed by atoms with Crippen LogP contribution in [-0.4, -0.2) is 15.6 Å². The van der Waals surface area contributed by atoms with Crippen molar-refractivity contribution in [2.45, 2.75) is 19.9 Å². The minimum Gasteiger partial charge on any atom is -0.481 e. The third-order valence-corrected chi connectivity index (χ3v) is 7.38. The van der Waals surface area contributed by atoms with E-state index in [-0.39, 0.29) is 11.4 Å². The molecule has 0 unspecified atom stereocenters. The first-order valence-electron chi connectivity index (χ1n) is 10.6. The van der Waals surface area contributed by atoms with Gasteiger partial charge in [0.2, 0.25) is 0 Å². The monoisotopic (exact) mass is 493 g/mol. The number of halogens is 2. The van der Waals surface area contributed by atoms with Crippen LogP contribution in [0.2, 0.25) is 5.02 Å². The van der Waals surface area contributed by atoms with E-state index < -0.39 is 11.8 Å². The molecule has 0 aliphatic rings. The van der Waals surface area contributed by atoms with E-state index >= 15 is 0 Å². The van der Waals surface area contributed by atoms with Crippen molar-refractivity contribution in [3.8, 4) is 11.1 Å². The van der Waals surface area contributed by atoms with Gasteiger partial charge in [-0.2, -0.15) is 0 Å². The topological polar surface area (TPSA) is 94.3 Å². The number of aryl methyl sites for hydroxylation is 1. The molecule has 172 valence electrons. The van der Waals surface area contributed by atoms with Crippen LogP contribution in [0.4, 0.5) is 15.8 Å². The zero-order chi connectivity index (χ0) is 24.1. The molecule has 8 heteroatoms. The molecule has 2 heterocycles. The number of nitrogens with two attached hydrogens (primary N) is 2. The molecule has 5 rings (SSSR count). The van der Waals surface area contributed by atoms with E-state index in [9.17, 15) is 14.3 Å². The van der Waals surface area contributed by atoms with Crippen LogP contribution in [0.3, 0.4) is 0 Å². The van der Waals surface area contributed by atoms with Crippen LogP contribution < -0.4 is 11.5 Å². The second kappa shape index (κ2) is 8.34. The molecule has 5 aromatic rings. The molecule has 0 spiro atoms. The SMILES string of the molecule is Cc1sc2cc(Cl)c(F)cc2c1Cn1cc(CC(=O)O)c2ccc(-c3cc(N)cc(N)c3)cc21. The highest BCUT2D eigenvalue weighted by molar-refractivity contribution is 7.19. The van der Waals surface area contributed by atoms with E-state index in [1.165, 1.54) is 6.07 Å². The smallest absolute Gasteiger partial charge is 0.307 e. The van der Waals surface area contributed by atoms with E-state index in [2.05, 4.69) is 0 Å². The summed E-state index contributed by atoms with van der Waals surface area (Å²) in [5.41, 5.74) is 17.5. The van der Waals surface area contributed by atoms with Crippen molar-refractivity contribution in [2.75, 3.05) is 11.5 Å². The molecule has 0 radical (unpaired) electrons. The number of hydrogen-bond acceptors (Lipinski definition) is 4. The number of thiophene rings is 1. The maximum absolute atomic E-state index is 14.3. The molecular weight excluding hydrogens is 473 g/mol. The van der Waals surface area contributed by atoms with Crippen LogP contribution in [0, 0.1) is 12.7 Å². The maximum Gasteiger partial charge on any atom is 0.307 e. The first kappa shape index (κ1) is 22.3. The van der Waals surface area contributed by atoms with Gasteiger partial charge in [-0.15, -0.1) is 11.3 Å². The van der Waals surface area contributed by atoms with Gasteiger partial charge < -0.3 is 21.1 Å². The molecule has 5 N–H and O–H groups in total. The quantitative estimate of drug-likeness (QED) is 0.245. The number of nitrogens with zero attached hydrogens (tertiary/aromatic N) is 1. The van der Waals surface area contributed by atoms with E-state index in [4.69, 9.17) is 23.1 Å². The van der Waals surface area contributed by atoms with Crippen LogP contribution in [-0.2, 0) is 17.8 Å². The Bertz CT molecular complexity index is 1590. The van der Waals surface area contributed by atoms with Gasteiger partial charge >= 0.3 is 5.97 Å². The molecule has 34 heavy (non-hydrogen) atoms. The van der Waals surface area contributed by atoms with E-state index in [0.29, 0.717) is 23.5 Å². The van der Waals surface area contributed by atoms with Crippen molar-refractivity contribution < 1.29 is 14.3 Å². The van der Waals surface area contributed by atoms with Crippen LogP contribution in [0.1, 0.15) is 16.0 Å². The predicted molar refractivity (Wildman–Crippen MR) is 138 cm³/mol. The Labute approximate surface area is 204 Å². The van der Waals surface area contributed by atoms with Gasteiger partial charge in [0, 0.05) is 50.0 Å². The Morgan fingerprint density at radius 3 is 2.50 bits per heavy atom. The second-order valence-corrected chi connectivity index (χ2v) is 10.0. The Hall–Kier alpha value is -3.55. The highest BCUT2D eigenvalue weighted by Crippen LogP contribution is 2.36. The van der Waals surface area contributed by atoms with Crippen LogP contribution in [0.5, 0.6) is 0 Å². The van der Waals surface area contributed by atoms with Gasteiger partial charge in [-0.05, 0) is 65.6 Å². The Balaban J connectivity index is 1.68. The van der Waals surface area contributed by atoms with Crippen molar-refractivity contribution in [3.05, 3.63) is 81.6 Å². The van der Waals surface area contributed by atoms with Gasteiger partial charge in [-0.1, -0.05) is 23.7 Å². The minimum atomic E-state index is -0.902. The zero-order valence-corrected chi connectivity index (χ0v) is 19.8. The van der Waals surface area contributed by atoms with Crippen molar-refractivity contribution in [2.24, 2.45) is 0 Å². The molecule has 3 aromatic carbocycles. The molecule has 0 atom stereocenters.